The van der Waals surface area contributed by atoms with Crippen LogP contribution in [0.1, 0.15) is 53.9 Å². The molecule has 0 aliphatic heterocycles. The number of hydrogen-bond donors (Lipinski definition) is 1. The molecule has 78 valence electrons. The molecule has 1 aliphatic carbocycles. The highest BCUT2D eigenvalue weighted by atomic mass is 14.6. The van der Waals surface area contributed by atoms with Crippen LogP contribution < -0.4 is 5.73 Å². The van der Waals surface area contributed by atoms with Crippen molar-refractivity contribution < 1.29 is 0 Å². The summed E-state index contributed by atoms with van der Waals surface area (Å²) in [4.78, 5) is 0. The van der Waals surface area contributed by atoms with E-state index in [1.165, 1.54) is 19.3 Å². The molecule has 2 N–H and O–H groups in total. The Morgan fingerprint density at radius 2 is 1.23 bits per heavy atom. The van der Waals surface area contributed by atoms with Gasteiger partial charge in [0.1, 0.15) is 0 Å². The fourth-order valence-electron chi connectivity index (χ4n) is 3.94. The second-order valence-corrected chi connectivity index (χ2v) is 6.87. The maximum Gasteiger partial charge on any atom is -0.00228 e. The van der Waals surface area contributed by atoms with Gasteiger partial charge in [-0.2, -0.15) is 0 Å². The lowest BCUT2D eigenvalue weighted by Crippen LogP contribution is -2.43. The molecule has 0 bridgehead atoms. The van der Waals surface area contributed by atoms with E-state index in [0.29, 0.717) is 16.2 Å². The molecule has 0 aromatic carbocycles. The van der Waals surface area contributed by atoms with Crippen LogP contribution in [0.15, 0.2) is 0 Å². The summed E-state index contributed by atoms with van der Waals surface area (Å²) in [7, 11) is 0. The quantitative estimate of drug-likeness (QED) is 0.664. The Balaban J connectivity index is 2.84. The van der Waals surface area contributed by atoms with Crippen LogP contribution in [0.4, 0.5) is 0 Å². The SMILES string of the molecule is CC1(C)CC(C)(C)CC(C)(CN)C1. The third-order valence-corrected chi connectivity index (χ3v) is 3.26. The van der Waals surface area contributed by atoms with E-state index in [9.17, 15) is 0 Å². The van der Waals surface area contributed by atoms with E-state index in [0.717, 1.165) is 6.54 Å². The lowest BCUT2D eigenvalue weighted by atomic mass is 9.56. The Hall–Kier alpha value is -0.0400. The summed E-state index contributed by atoms with van der Waals surface area (Å²) >= 11 is 0. The van der Waals surface area contributed by atoms with Crippen LogP contribution in [0.3, 0.4) is 0 Å². The van der Waals surface area contributed by atoms with Crippen molar-refractivity contribution in [1.29, 1.82) is 0 Å². The Morgan fingerprint density at radius 3 is 1.54 bits per heavy atom. The van der Waals surface area contributed by atoms with Crippen LogP contribution in [-0.2, 0) is 0 Å². The Kier molecular flexibility index (Phi) is 2.53. The van der Waals surface area contributed by atoms with Gasteiger partial charge < -0.3 is 5.73 Å². The van der Waals surface area contributed by atoms with Gasteiger partial charge in [0.25, 0.3) is 0 Å². The van der Waals surface area contributed by atoms with Crippen molar-refractivity contribution in [3.63, 3.8) is 0 Å². The van der Waals surface area contributed by atoms with E-state index in [4.69, 9.17) is 5.73 Å². The summed E-state index contributed by atoms with van der Waals surface area (Å²) in [6, 6.07) is 0. The Bertz CT molecular complexity index is 175. The highest BCUT2D eigenvalue weighted by Gasteiger charge is 2.43. The number of nitrogens with two attached hydrogens (primary N) is 1. The van der Waals surface area contributed by atoms with E-state index in [-0.39, 0.29) is 0 Å². The first kappa shape index (κ1) is 11.0. The molecular weight excluding hydrogens is 158 g/mol. The predicted molar refractivity (Wildman–Crippen MR) is 58.6 cm³/mol. The maximum absolute atomic E-state index is 5.88. The van der Waals surface area contributed by atoms with Gasteiger partial charge in [-0.15, -0.1) is 0 Å². The summed E-state index contributed by atoms with van der Waals surface area (Å²) in [5.74, 6) is 0. The van der Waals surface area contributed by atoms with Crippen molar-refractivity contribution in [2.45, 2.75) is 53.9 Å². The third-order valence-electron chi connectivity index (χ3n) is 3.26. The van der Waals surface area contributed by atoms with Crippen molar-refractivity contribution in [2.75, 3.05) is 6.54 Å². The minimum Gasteiger partial charge on any atom is -0.330 e. The molecule has 1 aliphatic rings. The average molecular weight is 183 g/mol. The van der Waals surface area contributed by atoms with Crippen LogP contribution in [0.2, 0.25) is 0 Å². The molecule has 0 radical (unpaired) electrons. The predicted octanol–water partition coefficient (Wildman–Crippen LogP) is 3.19. The molecule has 1 heteroatoms. The molecule has 0 aromatic heterocycles. The molecular formula is C12H25N. The molecule has 0 spiro atoms. The minimum atomic E-state index is 0.366. The lowest BCUT2D eigenvalue weighted by Gasteiger charge is -2.50. The van der Waals surface area contributed by atoms with Crippen molar-refractivity contribution in [2.24, 2.45) is 22.0 Å². The first-order valence-corrected chi connectivity index (χ1v) is 5.38. The van der Waals surface area contributed by atoms with Crippen LogP contribution in [0.5, 0.6) is 0 Å². The third kappa shape index (κ3) is 2.70. The van der Waals surface area contributed by atoms with Crippen LogP contribution >= 0.6 is 0 Å². The topological polar surface area (TPSA) is 26.0 Å². The summed E-state index contributed by atoms with van der Waals surface area (Å²) in [5.41, 5.74) is 7.18. The average Bonchev–Trinajstić information content (AvgIpc) is 1.79. The molecule has 0 aromatic rings. The van der Waals surface area contributed by atoms with Gasteiger partial charge in [0, 0.05) is 0 Å². The zero-order chi connectivity index (χ0) is 10.3. The zero-order valence-electron chi connectivity index (χ0n) is 9.91. The van der Waals surface area contributed by atoms with E-state index >= 15 is 0 Å². The fourth-order valence-corrected chi connectivity index (χ4v) is 3.94. The Morgan fingerprint density at radius 1 is 0.846 bits per heavy atom. The molecule has 0 amide bonds. The summed E-state index contributed by atoms with van der Waals surface area (Å²) in [6.45, 7) is 12.7. The van der Waals surface area contributed by atoms with Gasteiger partial charge >= 0.3 is 0 Å². The largest absolute Gasteiger partial charge is 0.330 e. The first-order chi connectivity index (χ1) is 5.68. The smallest absolute Gasteiger partial charge is 0.00228 e. The number of rotatable bonds is 1. The van der Waals surface area contributed by atoms with E-state index in [1.54, 1.807) is 0 Å². The van der Waals surface area contributed by atoms with Crippen LogP contribution in [0, 0.1) is 16.2 Å². The van der Waals surface area contributed by atoms with Gasteiger partial charge in [0.2, 0.25) is 0 Å². The normalized spacial score (nSPS) is 30.0. The van der Waals surface area contributed by atoms with Gasteiger partial charge in [-0.05, 0) is 42.1 Å². The monoisotopic (exact) mass is 183 g/mol. The first-order valence-electron chi connectivity index (χ1n) is 5.38. The van der Waals surface area contributed by atoms with Crippen molar-refractivity contribution in [3.8, 4) is 0 Å². The molecule has 1 nitrogen and oxygen atoms in total. The highest BCUT2D eigenvalue weighted by molar-refractivity contribution is 4.95. The van der Waals surface area contributed by atoms with Crippen LogP contribution in [0.25, 0.3) is 0 Å². The zero-order valence-corrected chi connectivity index (χ0v) is 9.91. The van der Waals surface area contributed by atoms with Crippen molar-refractivity contribution in [1.82, 2.24) is 0 Å². The maximum atomic E-state index is 5.88. The van der Waals surface area contributed by atoms with E-state index in [2.05, 4.69) is 34.6 Å². The molecule has 1 rings (SSSR count). The van der Waals surface area contributed by atoms with Gasteiger partial charge in [-0.3, -0.25) is 0 Å². The van der Waals surface area contributed by atoms with Gasteiger partial charge in [0.05, 0.1) is 0 Å². The second kappa shape index (κ2) is 2.98. The van der Waals surface area contributed by atoms with E-state index in [1.807, 2.05) is 0 Å². The van der Waals surface area contributed by atoms with Gasteiger partial charge in [-0.25, -0.2) is 0 Å². The van der Waals surface area contributed by atoms with E-state index < -0.39 is 0 Å². The van der Waals surface area contributed by atoms with Crippen LogP contribution in [-0.4, -0.2) is 6.54 Å². The fraction of sp³-hybridized carbons (Fsp3) is 1.00. The molecule has 1 saturated carbocycles. The van der Waals surface area contributed by atoms with Crippen molar-refractivity contribution in [3.05, 3.63) is 0 Å². The second-order valence-electron chi connectivity index (χ2n) is 6.87. The molecule has 0 heterocycles. The summed E-state index contributed by atoms with van der Waals surface area (Å²) < 4.78 is 0. The highest BCUT2D eigenvalue weighted by Crippen LogP contribution is 2.53. The Labute approximate surface area is 83.1 Å². The molecule has 1 fully saturated rings. The number of hydrogen-bond acceptors (Lipinski definition) is 1. The standard InChI is InChI=1S/C12H25N/c1-10(2)6-11(3,4)8-12(5,7-10)9-13/h6-9,13H2,1-5H3. The summed E-state index contributed by atoms with van der Waals surface area (Å²) in [5, 5.41) is 0. The molecule has 0 saturated heterocycles. The summed E-state index contributed by atoms with van der Waals surface area (Å²) in [6.07, 6.45) is 3.88. The van der Waals surface area contributed by atoms with Gasteiger partial charge in [0.15, 0.2) is 0 Å². The lowest BCUT2D eigenvalue weighted by molar-refractivity contribution is 0.0143. The minimum absolute atomic E-state index is 0.366. The molecule has 13 heavy (non-hydrogen) atoms. The molecule has 0 atom stereocenters. The van der Waals surface area contributed by atoms with Gasteiger partial charge in [-0.1, -0.05) is 34.6 Å². The van der Waals surface area contributed by atoms with Crippen molar-refractivity contribution >= 4 is 0 Å². The molecule has 0 unspecified atom stereocenters.